The van der Waals surface area contributed by atoms with Crippen LogP contribution in [0.1, 0.15) is 19.3 Å². The van der Waals surface area contributed by atoms with Crippen molar-refractivity contribution in [2.75, 3.05) is 11.9 Å². The first-order chi connectivity index (χ1) is 10.2. The van der Waals surface area contributed by atoms with E-state index in [-0.39, 0.29) is 11.6 Å². The number of hydrogen-bond donors (Lipinski definition) is 3. The minimum absolute atomic E-state index is 0.00490. The Kier molecular flexibility index (Phi) is 3.87. The molecule has 0 aliphatic heterocycles. The predicted octanol–water partition coefficient (Wildman–Crippen LogP) is 1.25. The van der Waals surface area contributed by atoms with E-state index in [9.17, 15) is 9.59 Å². The number of imidazole rings is 1. The van der Waals surface area contributed by atoms with Crippen molar-refractivity contribution in [2.24, 2.45) is 0 Å². The predicted molar refractivity (Wildman–Crippen MR) is 80.7 cm³/mol. The van der Waals surface area contributed by atoms with Crippen LogP contribution in [0.4, 0.5) is 5.69 Å². The first-order valence-corrected chi connectivity index (χ1v) is 7.12. The molecule has 1 amide bonds. The van der Waals surface area contributed by atoms with Crippen LogP contribution >= 0.6 is 0 Å². The minimum Gasteiger partial charge on any atom is -0.326 e. The quantitative estimate of drug-likeness (QED) is 0.747. The second kappa shape index (κ2) is 5.97. The maximum atomic E-state index is 11.8. The molecule has 0 saturated heterocycles. The molecule has 0 atom stereocenters. The van der Waals surface area contributed by atoms with Crippen molar-refractivity contribution >= 4 is 11.6 Å². The number of aromatic nitrogens is 2. The third-order valence-corrected chi connectivity index (χ3v) is 3.44. The van der Waals surface area contributed by atoms with Crippen LogP contribution in [-0.4, -0.2) is 28.0 Å². The van der Waals surface area contributed by atoms with Gasteiger partial charge in [-0.15, -0.1) is 0 Å². The highest BCUT2D eigenvalue weighted by atomic mass is 16.2. The van der Waals surface area contributed by atoms with E-state index in [0.717, 1.165) is 11.4 Å². The molecule has 1 aromatic carbocycles. The van der Waals surface area contributed by atoms with Crippen molar-refractivity contribution in [3.05, 3.63) is 47.1 Å². The van der Waals surface area contributed by atoms with Crippen LogP contribution in [0.15, 0.2) is 41.5 Å². The number of hydrogen-bond acceptors (Lipinski definition) is 3. The van der Waals surface area contributed by atoms with E-state index in [4.69, 9.17) is 0 Å². The molecular formula is C15H18N4O2. The number of amides is 1. The van der Waals surface area contributed by atoms with Gasteiger partial charge in [-0.3, -0.25) is 9.36 Å². The lowest BCUT2D eigenvalue weighted by atomic mass is 10.2. The first-order valence-electron chi connectivity index (χ1n) is 7.12. The van der Waals surface area contributed by atoms with Gasteiger partial charge < -0.3 is 15.6 Å². The van der Waals surface area contributed by atoms with Crippen LogP contribution in [0.2, 0.25) is 0 Å². The molecule has 1 aliphatic carbocycles. The Balaban J connectivity index is 1.55. The lowest BCUT2D eigenvalue weighted by Crippen LogP contribution is -2.23. The third-order valence-electron chi connectivity index (χ3n) is 3.44. The normalized spacial score (nSPS) is 14.1. The average Bonchev–Trinajstić information content (AvgIpc) is 3.20. The Morgan fingerprint density at radius 3 is 2.67 bits per heavy atom. The van der Waals surface area contributed by atoms with Gasteiger partial charge in [0.15, 0.2) is 0 Å². The second-order valence-electron chi connectivity index (χ2n) is 5.21. The molecule has 2 aromatic rings. The van der Waals surface area contributed by atoms with E-state index in [1.165, 1.54) is 17.4 Å². The summed E-state index contributed by atoms with van der Waals surface area (Å²) in [6.45, 7) is 0.716. The monoisotopic (exact) mass is 286 g/mol. The number of carbonyl (C=O) groups is 1. The van der Waals surface area contributed by atoms with Crippen LogP contribution < -0.4 is 16.3 Å². The van der Waals surface area contributed by atoms with Crippen LogP contribution in [0.5, 0.6) is 0 Å². The van der Waals surface area contributed by atoms with Gasteiger partial charge in [-0.2, -0.15) is 0 Å². The number of anilines is 1. The van der Waals surface area contributed by atoms with Gasteiger partial charge in [-0.25, -0.2) is 4.79 Å². The molecule has 110 valence electrons. The summed E-state index contributed by atoms with van der Waals surface area (Å²) in [6, 6.07) is 7.81. The number of nitrogens with zero attached hydrogens (tertiary/aromatic N) is 1. The first kappa shape index (κ1) is 13.6. The smallest absolute Gasteiger partial charge is 0.326 e. The molecule has 1 heterocycles. The van der Waals surface area contributed by atoms with Gasteiger partial charge in [0, 0.05) is 37.1 Å². The molecule has 3 N–H and O–H groups in total. The van der Waals surface area contributed by atoms with Crippen LogP contribution in [-0.2, 0) is 4.79 Å². The molecule has 0 spiro atoms. The van der Waals surface area contributed by atoms with E-state index < -0.39 is 0 Å². The zero-order valence-corrected chi connectivity index (χ0v) is 11.6. The van der Waals surface area contributed by atoms with Gasteiger partial charge in [0.25, 0.3) is 0 Å². The van der Waals surface area contributed by atoms with E-state index in [1.807, 2.05) is 0 Å². The summed E-state index contributed by atoms with van der Waals surface area (Å²) >= 11 is 0. The molecule has 6 nitrogen and oxygen atoms in total. The van der Waals surface area contributed by atoms with Gasteiger partial charge >= 0.3 is 5.69 Å². The molecule has 1 aliphatic rings. The maximum Gasteiger partial charge on any atom is 0.330 e. The number of rotatable bonds is 6. The standard InChI is InChI=1S/C15H18N4O2/c20-14(7-8-16-11-1-2-11)18-12-3-5-13(6-4-12)19-10-9-17-15(19)21/h3-6,9-11,16H,1-2,7-8H2,(H,17,21)(H,18,20). The van der Waals surface area contributed by atoms with Gasteiger partial charge in [-0.05, 0) is 37.1 Å². The van der Waals surface area contributed by atoms with E-state index >= 15 is 0 Å². The van der Waals surface area contributed by atoms with Crippen molar-refractivity contribution in [1.82, 2.24) is 14.9 Å². The zero-order chi connectivity index (χ0) is 14.7. The number of nitrogens with one attached hydrogen (secondary N) is 3. The summed E-state index contributed by atoms with van der Waals surface area (Å²) in [7, 11) is 0. The maximum absolute atomic E-state index is 11.8. The summed E-state index contributed by atoms with van der Waals surface area (Å²) in [4.78, 5) is 25.8. The molecule has 0 radical (unpaired) electrons. The fraction of sp³-hybridized carbons (Fsp3) is 0.333. The third kappa shape index (κ3) is 3.61. The number of aromatic amines is 1. The van der Waals surface area contributed by atoms with Gasteiger partial charge in [0.1, 0.15) is 0 Å². The van der Waals surface area contributed by atoms with E-state index in [1.54, 1.807) is 36.7 Å². The summed E-state index contributed by atoms with van der Waals surface area (Å²) in [5.74, 6) is -0.00490. The Morgan fingerprint density at radius 1 is 1.29 bits per heavy atom. The fourth-order valence-corrected chi connectivity index (χ4v) is 2.13. The molecule has 3 rings (SSSR count). The summed E-state index contributed by atoms with van der Waals surface area (Å²) in [5.41, 5.74) is 1.31. The Hall–Kier alpha value is -2.34. The highest BCUT2D eigenvalue weighted by molar-refractivity contribution is 5.90. The highest BCUT2D eigenvalue weighted by Gasteiger charge is 2.20. The van der Waals surface area contributed by atoms with Crippen molar-refractivity contribution in [1.29, 1.82) is 0 Å². The summed E-state index contributed by atoms with van der Waals surface area (Å²) in [6.07, 6.45) is 6.17. The molecule has 0 unspecified atom stereocenters. The van der Waals surface area contributed by atoms with Gasteiger partial charge in [-0.1, -0.05) is 0 Å². The van der Waals surface area contributed by atoms with Crippen molar-refractivity contribution < 1.29 is 4.79 Å². The molecule has 1 fully saturated rings. The Labute approximate surface area is 122 Å². The second-order valence-corrected chi connectivity index (χ2v) is 5.21. The molecule has 6 heteroatoms. The molecule has 1 aromatic heterocycles. The minimum atomic E-state index is -0.182. The van der Waals surface area contributed by atoms with Crippen LogP contribution in [0.3, 0.4) is 0 Å². The van der Waals surface area contributed by atoms with Crippen molar-refractivity contribution in [3.8, 4) is 5.69 Å². The summed E-state index contributed by atoms with van der Waals surface area (Å²) in [5, 5.41) is 6.15. The number of carbonyl (C=O) groups excluding carboxylic acids is 1. The highest BCUT2D eigenvalue weighted by Crippen LogP contribution is 2.18. The van der Waals surface area contributed by atoms with Gasteiger partial charge in [0.2, 0.25) is 5.91 Å². The van der Waals surface area contributed by atoms with Crippen LogP contribution in [0, 0.1) is 0 Å². The fourth-order valence-electron chi connectivity index (χ4n) is 2.13. The topological polar surface area (TPSA) is 78.9 Å². The summed E-state index contributed by atoms with van der Waals surface area (Å²) < 4.78 is 1.51. The molecule has 1 saturated carbocycles. The Bertz CT molecular complexity index is 667. The number of H-pyrrole nitrogens is 1. The van der Waals surface area contributed by atoms with Crippen molar-refractivity contribution in [2.45, 2.75) is 25.3 Å². The Morgan fingerprint density at radius 2 is 2.05 bits per heavy atom. The van der Waals surface area contributed by atoms with Gasteiger partial charge in [0.05, 0.1) is 5.69 Å². The average molecular weight is 286 g/mol. The zero-order valence-electron chi connectivity index (χ0n) is 11.6. The molecule has 21 heavy (non-hydrogen) atoms. The molecule has 0 bridgehead atoms. The largest absolute Gasteiger partial charge is 0.330 e. The number of benzene rings is 1. The van der Waals surface area contributed by atoms with Crippen LogP contribution in [0.25, 0.3) is 5.69 Å². The van der Waals surface area contributed by atoms with E-state index in [0.29, 0.717) is 19.0 Å². The molecular weight excluding hydrogens is 268 g/mol. The van der Waals surface area contributed by atoms with Crippen molar-refractivity contribution in [3.63, 3.8) is 0 Å². The van der Waals surface area contributed by atoms with E-state index in [2.05, 4.69) is 15.6 Å². The lowest BCUT2D eigenvalue weighted by Gasteiger charge is -2.07. The lowest BCUT2D eigenvalue weighted by molar-refractivity contribution is -0.116. The SMILES string of the molecule is O=C(CCNC1CC1)Nc1ccc(-n2cc[nH]c2=O)cc1.